The van der Waals surface area contributed by atoms with E-state index in [9.17, 15) is 22.4 Å². The number of fused-ring (bicyclic) bond motifs is 1. The minimum atomic E-state index is -4.51. The van der Waals surface area contributed by atoms with Gasteiger partial charge in [-0.2, -0.15) is 13.2 Å². The molecule has 0 saturated heterocycles. The van der Waals surface area contributed by atoms with Gasteiger partial charge >= 0.3 is 6.18 Å². The number of nitrogens with zero attached hydrogens (tertiary/aromatic N) is 1. The molecular weight excluding hydrogens is 262 g/mol. The van der Waals surface area contributed by atoms with Crippen molar-refractivity contribution in [1.82, 2.24) is 0 Å². The van der Waals surface area contributed by atoms with Crippen molar-refractivity contribution < 1.29 is 22.4 Å². The minimum Gasteiger partial charge on any atom is -0.303 e. The monoisotopic (exact) mass is 275 g/mol. The number of anilines is 1. The number of carbonyl (C=O) groups excluding carboxylic acids is 1. The van der Waals surface area contributed by atoms with Crippen molar-refractivity contribution in [3.05, 3.63) is 29.6 Å². The summed E-state index contributed by atoms with van der Waals surface area (Å²) < 4.78 is 51.4. The van der Waals surface area contributed by atoms with Crippen molar-refractivity contribution in [2.45, 2.75) is 25.9 Å². The van der Waals surface area contributed by atoms with E-state index in [1.807, 2.05) is 0 Å². The summed E-state index contributed by atoms with van der Waals surface area (Å²) in [6, 6.07) is 3.88. The van der Waals surface area contributed by atoms with E-state index in [1.54, 1.807) is 6.92 Å². The summed E-state index contributed by atoms with van der Waals surface area (Å²) in [5.74, 6) is -1.72. The SMILES string of the molecule is CC1CCc2c(F)cccc2N(CC(F)(F)F)C1=O. The van der Waals surface area contributed by atoms with Crippen LogP contribution < -0.4 is 4.90 Å². The number of carbonyl (C=O) groups is 1. The van der Waals surface area contributed by atoms with Crippen LogP contribution in [0.1, 0.15) is 18.9 Å². The fourth-order valence-corrected chi connectivity index (χ4v) is 2.26. The standard InChI is InChI=1S/C13H13F4NO/c1-8-5-6-9-10(14)3-2-4-11(9)18(12(8)19)7-13(15,16)17/h2-4,8H,5-7H2,1H3. The minimum absolute atomic E-state index is 0.0340. The van der Waals surface area contributed by atoms with Crippen LogP contribution in [0.25, 0.3) is 0 Å². The molecule has 104 valence electrons. The second-order valence-electron chi connectivity index (χ2n) is 4.72. The van der Waals surface area contributed by atoms with Gasteiger partial charge in [-0.25, -0.2) is 4.39 Å². The summed E-state index contributed by atoms with van der Waals surface area (Å²) in [6.07, 6.45) is -3.90. The third-order valence-electron chi connectivity index (χ3n) is 3.24. The van der Waals surface area contributed by atoms with E-state index < -0.39 is 30.4 Å². The molecule has 1 aliphatic heterocycles. The number of hydrogen-bond acceptors (Lipinski definition) is 1. The zero-order valence-corrected chi connectivity index (χ0v) is 10.3. The van der Waals surface area contributed by atoms with Crippen LogP contribution in [0.5, 0.6) is 0 Å². The van der Waals surface area contributed by atoms with Crippen LogP contribution in [0.4, 0.5) is 23.2 Å². The van der Waals surface area contributed by atoms with Gasteiger partial charge in [0, 0.05) is 11.5 Å². The normalized spacial score (nSPS) is 20.2. The van der Waals surface area contributed by atoms with Crippen molar-refractivity contribution in [3.8, 4) is 0 Å². The van der Waals surface area contributed by atoms with Gasteiger partial charge in [0.1, 0.15) is 12.4 Å². The van der Waals surface area contributed by atoms with Gasteiger partial charge in [-0.15, -0.1) is 0 Å². The van der Waals surface area contributed by atoms with Crippen LogP contribution in [0.3, 0.4) is 0 Å². The predicted octanol–water partition coefficient (Wildman–Crippen LogP) is 3.30. The maximum Gasteiger partial charge on any atom is 0.406 e. The summed E-state index contributed by atoms with van der Waals surface area (Å²) in [5, 5.41) is 0. The summed E-state index contributed by atoms with van der Waals surface area (Å²) in [4.78, 5) is 12.6. The molecule has 1 amide bonds. The summed E-state index contributed by atoms with van der Waals surface area (Å²) in [7, 11) is 0. The molecule has 0 saturated carbocycles. The molecule has 6 heteroatoms. The van der Waals surface area contributed by atoms with Crippen LogP contribution in [0, 0.1) is 11.7 Å². The van der Waals surface area contributed by atoms with E-state index in [-0.39, 0.29) is 17.7 Å². The number of hydrogen-bond donors (Lipinski definition) is 0. The van der Waals surface area contributed by atoms with Crippen molar-refractivity contribution in [2.75, 3.05) is 11.4 Å². The molecule has 0 aliphatic carbocycles. The van der Waals surface area contributed by atoms with Crippen LogP contribution in [0.2, 0.25) is 0 Å². The van der Waals surface area contributed by atoms with Gasteiger partial charge < -0.3 is 4.90 Å². The average molecular weight is 275 g/mol. The van der Waals surface area contributed by atoms with Crippen LogP contribution in [0.15, 0.2) is 18.2 Å². The largest absolute Gasteiger partial charge is 0.406 e. The summed E-state index contributed by atoms with van der Waals surface area (Å²) >= 11 is 0. The molecule has 0 aromatic heterocycles. The van der Waals surface area contributed by atoms with Gasteiger partial charge in [0.25, 0.3) is 0 Å². The zero-order valence-electron chi connectivity index (χ0n) is 10.3. The fourth-order valence-electron chi connectivity index (χ4n) is 2.26. The molecule has 2 nitrogen and oxygen atoms in total. The Bertz CT molecular complexity index is 498. The molecule has 0 bridgehead atoms. The first-order valence-electron chi connectivity index (χ1n) is 5.95. The maximum absolute atomic E-state index is 13.7. The van der Waals surface area contributed by atoms with Crippen LogP contribution in [-0.4, -0.2) is 18.6 Å². The molecule has 1 aromatic carbocycles. The van der Waals surface area contributed by atoms with Gasteiger partial charge in [0.05, 0.1) is 5.69 Å². The lowest BCUT2D eigenvalue weighted by Crippen LogP contribution is -2.41. The fraction of sp³-hybridized carbons (Fsp3) is 0.462. The maximum atomic E-state index is 13.7. The summed E-state index contributed by atoms with van der Waals surface area (Å²) in [6.45, 7) is 0.183. The molecule has 0 fully saturated rings. The number of halogens is 4. The first-order chi connectivity index (χ1) is 8.79. The molecule has 0 N–H and O–H groups in total. The Morgan fingerprint density at radius 2 is 2.05 bits per heavy atom. The second-order valence-corrected chi connectivity index (χ2v) is 4.72. The van der Waals surface area contributed by atoms with E-state index in [4.69, 9.17) is 0 Å². The Kier molecular flexibility index (Phi) is 3.52. The van der Waals surface area contributed by atoms with E-state index >= 15 is 0 Å². The van der Waals surface area contributed by atoms with Gasteiger partial charge in [-0.05, 0) is 25.0 Å². The molecule has 1 aromatic rings. The average Bonchev–Trinajstić information content (AvgIpc) is 2.41. The lowest BCUT2D eigenvalue weighted by Gasteiger charge is -2.25. The van der Waals surface area contributed by atoms with E-state index in [0.29, 0.717) is 11.3 Å². The van der Waals surface area contributed by atoms with Crippen LogP contribution in [-0.2, 0) is 11.2 Å². The quantitative estimate of drug-likeness (QED) is 0.720. The molecule has 0 spiro atoms. The predicted molar refractivity (Wildman–Crippen MR) is 62.3 cm³/mol. The van der Waals surface area contributed by atoms with E-state index in [1.165, 1.54) is 18.2 Å². The molecule has 2 rings (SSSR count). The molecule has 1 aliphatic rings. The number of amides is 1. The van der Waals surface area contributed by atoms with Crippen molar-refractivity contribution in [3.63, 3.8) is 0 Å². The topological polar surface area (TPSA) is 20.3 Å². The van der Waals surface area contributed by atoms with E-state index in [0.717, 1.165) is 0 Å². The molecule has 1 unspecified atom stereocenters. The van der Waals surface area contributed by atoms with Crippen LogP contribution >= 0.6 is 0 Å². The van der Waals surface area contributed by atoms with Gasteiger partial charge in [0.15, 0.2) is 0 Å². The van der Waals surface area contributed by atoms with Crippen molar-refractivity contribution in [1.29, 1.82) is 0 Å². The number of alkyl halides is 3. The Labute approximate surface area is 108 Å². The zero-order chi connectivity index (χ0) is 14.2. The highest BCUT2D eigenvalue weighted by molar-refractivity contribution is 5.96. The smallest absolute Gasteiger partial charge is 0.303 e. The van der Waals surface area contributed by atoms with Crippen molar-refractivity contribution >= 4 is 11.6 Å². The molecule has 1 heterocycles. The Morgan fingerprint density at radius 3 is 2.68 bits per heavy atom. The first-order valence-corrected chi connectivity index (χ1v) is 5.95. The number of rotatable bonds is 1. The highest BCUT2D eigenvalue weighted by atomic mass is 19.4. The lowest BCUT2D eigenvalue weighted by atomic mass is 10.0. The third-order valence-corrected chi connectivity index (χ3v) is 3.24. The Hall–Kier alpha value is -1.59. The Balaban J connectivity index is 2.48. The van der Waals surface area contributed by atoms with Gasteiger partial charge in [0.2, 0.25) is 5.91 Å². The number of benzene rings is 1. The third kappa shape index (κ3) is 2.88. The molecule has 0 radical (unpaired) electrons. The second kappa shape index (κ2) is 4.83. The highest BCUT2D eigenvalue weighted by Crippen LogP contribution is 2.33. The van der Waals surface area contributed by atoms with E-state index in [2.05, 4.69) is 0 Å². The highest BCUT2D eigenvalue weighted by Gasteiger charge is 2.37. The van der Waals surface area contributed by atoms with Crippen molar-refractivity contribution in [2.24, 2.45) is 5.92 Å². The molecular formula is C13H13F4NO. The molecule has 1 atom stereocenters. The summed E-state index contributed by atoms with van der Waals surface area (Å²) in [5.41, 5.74) is 0.219. The first kappa shape index (κ1) is 13.8. The van der Waals surface area contributed by atoms with Gasteiger partial charge in [-0.1, -0.05) is 13.0 Å². The molecule has 19 heavy (non-hydrogen) atoms. The lowest BCUT2D eigenvalue weighted by molar-refractivity contribution is -0.134. The Morgan fingerprint density at radius 1 is 1.37 bits per heavy atom. The van der Waals surface area contributed by atoms with Gasteiger partial charge in [-0.3, -0.25) is 4.79 Å².